The summed E-state index contributed by atoms with van der Waals surface area (Å²) in [5.74, 6) is -8.01. The summed E-state index contributed by atoms with van der Waals surface area (Å²) in [6.45, 7) is 3.53. The minimum absolute atomic E-state index is 0.0336. The van der Waals surface area contributed by atoms with Gasteiger partial charge in [0.05, 0.1) is 98.1 Å². The number of fused-ring (bicyclic) bond motifs is 14. The van der Waals surface area contributed by atoms with Gasteiger partial charge in [0.15, 0.2) is 34.7 Å². The fourth-order valence-corrected chi connectivity index (χ4v) is 19.1. The topological polar surface area (TPSA) is 283 Å². The number of nitrogens with one attached hydrogen (secondary N) is 2. The molecule has 4 aromatic carbocycles. The van der Waals surface area contributed by atoms with Crippen LogP contribution in [0.3, 0.4) is 0 Å². The summed E-state index contributed by atoms with van der Waals surface area (Å²) in [4.78, 5) is 94.4. The molecule has 2 saturated heterocycles. The van der Waals surface area contributed by atoms with Gasteiger partial charge in [-0.3, -0.25) is 57.2 Å². The molecule has 34 heteroatoms. The van der Waals surface area contributed by atoms with Crippen LogP contribution in [0.2, 0.25) is 0 Å². The van der Waals surface area contributed by atoms with Crippen LogP contribution in [0.5, 0.6) is 11.5 Å². The van der Waals surface area contributed by atoms with Gasteiger partial charge in [-0.25, -0.2) is 36.7 Å². The average molecular weight is 1450 g/mol. The molecular weight excluding hydrogens is 1390 g/mol. The van der Waals surface area contributed by atoms with E-state index in [2.05, 4.69) is 20.1 Å². The molecule has 0 radical (unpaired) electrons. The first-order valence-corrected chi connectivity index (χ1v) is 36.6. The second-order valence-corrected chi connectivity index (χ2v) is 29.4. The fraction of sp³-hybridized carbons (Fsp3) is 0.333. The van der Waals surface area contributed by atoms with Crippen LogP contribution in [-0.2, 0) is 46.7 Å². The van der Waals surface area contributed by atoms with Crippen molar-refractivity contribution in [2.75, 3.05) is 77.0 Å². The van der Waals surface area contributed by atoms with E-state index >= 15 is 8.78 Å². The minimum atomic E-state index is -4.49. The number of halogens is 4. The summed E-state index contributed by atoms with van der Waals surface area (Å²) in [7, 11) is -6.58. The molecule has 4 fully saturated rings. The Morgan fingerprint density at radius 1 is 0.580 bits per heavy atom. The largest absolute Gasteiger partial charge is 0.468 e. The molecule has 100 heavy (non-hydrogen) atoms. The first-order valence-electron chi connectivity index (χ1n) is 31.7. The van der Waals surface area contributed by atoms with Gasteiger partial charge in [0.25, 0.3) is 11.8 Å². The monoisotopic (exact) mass is 1450 g/mol. The number of carbonyl (C=O) groups excluding carboxylic acids is 4. The number of hydrogen-bond acceptors (Lipinski definition) is 22. The SMILES string of the molecule is CCOP(=O)(NC1(C(=O)OC)CC1)Oc1c2n(ccc1=O)N(C1c3ccccc3-c3scnc3-c3c1ccc(F)c3F)C1COCCN1C2=O.CCOP(=O)(NC1(C(=O)OC)CC1)Oc1c2n(ccc1=O)N([C@@H]1c3ccccc3-c3scnc3-c3c1ccc(F)c3F)[C@@H]1COCCN1C2=O. The van der Waals surface area contributed by atoms with Crippen LogP contribution in [0.15, 0.2) is 118 Å². The second kappa shape index (κ2) is 25.6. The summed E-state index contributed by atoms with van der Waals surface area (Å²) in [5, 5.41) is 8.83. The maximum Gasteiger partial charge on any atom is 0.459 e. The highest BCUT2D eigenvalue weighted by atomic mass is 32.1. The number of aromatic nitrogens is 4. The van der Waals surface area contributed by atoms with Crippen LogP contribution in [-0.4, -0.2) is 143 Å². The normalized spacial score (nSPS) is 21.1. The lowest BCUT2D eigenvalue weighted by Crippen LogP contribution is -2.66. The maximum atomic E-state index is 16.0. The molecule has 8 aliphatic rings. The molecule has 2 saturated carbocycles. The Kier molecular flexibility index (Phi) is 17.1. The lowest BCUT2D eigenvalue weighted by molar-refractivity contribution is -0.144. The number of carbonyl (C=O) groups is 4. The third-order valence-electron chi connectivity index (χ3n) is 18.7. The van der Waals surface area contributed by atoms with Gasteiger partial charge in [-0.05, 0) is 85.0 Å². The molecule has 16 rings (SSSR count). The molecule has 0 bridgehead atoms. The van der Waals surface area contributed by atoms with Crippen molar-refractivity contribution in [2.45, 2.75) is 75.0 Å². The number of nitrogens with zero attached hydrogens (tertiary/aromatic N) is 8. The molecule has 2 N–H and O–H groups in total. The predicted octanol–water partition coefficient (Wildman–Crippen LogP) is 9.18. The van der Waals surface area contributed by atoms with E-state index in [9.17, 15) is 46.7 Å². The zero-order chi connectivity index (χ0) is 69.9. The summed E-state index contributed by atoms with van der Waals surface area (Å²) in [5.41, 5.74) is 2.31. The number of methoxy groups -OCH3 is 2. The number of pyridine rings is 2. The third kappa shape index (κ3) is 11.0. The highest BCUT2D eigenvalue weighted by Gasteiger charge is 2.59. The number of thiazole rings is 2. The van der Waals surface area contributed by atoms with Crippen molar-refractivity contribution in [1.82, 2.24) is 39.3 Å². The summed E-state index contributed by atoms with van der Waals surface area (Å²) in [6.07, 6.45) is 2.30. The van der Waals surface area contributed by atoms with Gasteiger partial charge in [0, 0.05) is 48.7 Å². The first kappa shape index (κ1) is 66.9. The standard InChI is InChI=1S/2C33H30F2N5O8PS/c2*1-3-47-49(44,37-33(11-12-33)32(43)45-2)48-29-22(41)10-13-39-28(29)31(42)38-14-15-46-16-23(38)40(39)27-18-6-4-5-7-19(18)30-26(36-17-50-30)24-20(27)8-9-21(34)25(24)35/h2*4-10,13,17,23,27H,3,11-12,14-16H2,1-2H3,(H,37,44)/t23-,27-,49?;/m1./s1. The molecule has 4 aromatic heterocycles. The van der Waals surface area contributed by atoms with Crippen molar-refractivity contribution >= 4 is 61.9 Å². The molecule has 26 nitrogen and oxygen atoms in total. The van der Waals surface area contributed by atoms with Crippen molar-refractivity contribution in [3.05, 3.63) is 186 Å². The van der Waals surface area contributed by atoms with Gasteiger partial charge < -0.3 is 37.8 Å². The number of amides is 2. The van der Waals surface area contributed by atoms with Crippen molar-refractivity contribution in [3.8, 4) is 54.9 Å². The van der Waals surface area contributed by atoms with E-state index in [1.54, 1.807) is 34.9 Å². The molecule has 520 valence electrons. The van der Waals surface area contributed by atoms with E-state index in [-0.39, 0.29) is 112 Å². The Morgan fingerprint density at radius 3 is 1.36 bits per heavy atom. The average Bonchev–Trinajstić information content (AvgIpc) is 1.25. The summed E-state index contributed by atoms with van der Waals surface area (Å²) in [6, 6.07) is 20.3. The fourth-order valence-electron chi connectivity index (χ4n) is 13.9. The Balaban J connectivity index is 0.000000162. The van der Waals surface area contributed by atoms with Crippen LogP contribution in [0, 0.1) is 23.3 Å². The van der Waals surface area contributed by atoms with Gasteiger partial charge in [-0.2, -0.15) is 10.2 Å². The molecule has 4 unspecified atom stereocenters. The molecule has 4 aliphatic carbocycles. The Morgan fingerprint density at radius 2 is 0.980 bits per heavy atom. The Hall–Kier alpha value is -8.94. The lowest BCUT2D eigenvalue weighted by atomic mass is 9.92. The van der Waals surface area contributed by atoms with E-state index in [0.29, 0.717) is 43.1 Å². The van der Waals surface area contributed by atoms with Crippen molar-refractivity contribution in [3.63, 3.8) is 0 Å². The molecule has 8 heterocycles. The third-order valence-corrected chi connectivity index (χ3v) is 23.8. The van der Waals surface area contributed by atoms with Crippen LogP contribution in [0.25, 0.3) is 43.4 Å². The zero-order valence-corrected chi connectivity index (χ0v) is 56.9. The van der Waals surface area contributed by atoms with Crippen molar-refractivity contribution in [2.24, 2.45) is 0 Å². The van der Waals surface area contributed by atoms with Gasteiger partial charge in [0.1, 0.15) is 23.4 Å². The van der Waals surface area contributed by atoms with E-state index in [0.717, 1.165) is 24.3 Å². The number of morpholine rings is 2. The maximum absolute atomic E-state index is 16.0. The summed E-state index contributed by atoms with van der Waals surface area (Å²) < 4.78 is 138. The van der Waals surface area contributed by atoms with Gasteiger partial charge in [-0.1, -0.05) is 60.7 Å². The molecule has 8 aromatic rings. The van der Waals surface area contributed by atoms with E-state index in [1.165, 1.54) is 80.6 Å². The molecule has 6 atom stereocenters. The highest BCUT2D eigenvalue weighted by Crippen LogP contribution is 2.57. The quantitative estimate of drug-likeness (QED) is 0.0518. The minimum Gasteiger partial charge on any atom is -0.468 e. The zero-order valence-electron chi connectivity index (χ0n) is 53.5. The van der Waals surface area contributed by atoms with Crippen LogP contribution >= 0.6 is 38.2 Å². The van der Waals surface area contributed by atoms with Gasteiger partial charge in [-0.15, -0.1) is 22.7 Å². The second-order valence-electron chi connectivity index (χ2n) is 24.3. The number of benzene rings is 4. The smallest absolute Gasteiger partial charge is 0.459 e. The molecule has 4 aliphatic heterocycles. The summed E-state index contributed by atoms with van der Waals surface area (Å²) >= 11 is 2.57. The highest BCUT2D eigenvalue weighted by molar-refractivity contribution is 7.52. The number of ether oxygens (including phenoxy) is 4. The molecular formula is C66H60F4N10O16P2S2. The van der Waals surface area contributed by atoms with Crippen molar-refractivity contribution < 1.29 is 82.9 Å². The lowest BCUT2D eigenvalue weighted by Gasteiger charge is -2.51. The number of esters is 2. The number of hydrogen-bond donors (Lipinski definition) is 2. The molecule has 2 amide bonds. The first-order chi connectivity index (χ1) is 48.2. The predicted molar refractivity (Wildman–Crippen MR) is 353 cm³/mol. The Labute approximate surface area is 574 Å². The van der Waals surface area contributed by atoms with E-state index < -0.39 is 120 Å². The van der Waals surface area contributed by atoms with Crippen molar-refractivity contribution in [1.29, 1.82) is 0 Å². The van der Waals surface area contributed by atoms with E-state index in [1.807, 2.05) is 48.5 Å². The molecule has 0 spiro atoms. The Bertz CT molecular complexity index is 4650. The van der Waals surface area contributed by atoms with Gasteiger partial charge >= 0.3 is 27.4 Å². The van der Waals surface area contributed by atoms with Crippen LogP contribution < -0.4 is 40.1 Å². The van der Waals surface area contributed by atoms with E-state index in [4.69, 9.17) is 37.0 Å². The van der Waals surface area contributed by atoms with Crippen LogP contribution in [0.1, 0.15) is 94.8 Å². The van der Waals surface area contributed by atoms with Gasteiger partial charge in [0.2, 0.25) is 22.4 Å². The number of rotatable bonds is 16. The van der Waals surface area contributed by atoms with Crippen LogP contribution in [0.4, 0.5) is 17.6 Å².